The van der Waals surface area contributed by atoms with Crippen molar-refractivity contribution < 1.29 is 13.5 Å². The maximum atomic E-state index is 11.5. The molecule has 90 valence electrons. The molecule has 7 heteroatoms. The van der Waals surface area contributed by atoms with Gasteiger partial charge < -0.3 is 5.11 Å². The molecule has 2 atom stereocenters. The Morgan fingerprint density at radius 1 is 1.56 bits per heavy atom. The van der Waals surface area contributed by atoms with Crippen molar-refractivity contribution in [2.24, 2.45) is 0 Å². The second-order valence-electron chi connectivity index (χ2n) is 3.29. The van der Waals surface area contributed by atoms with Crippen LogP contribution in [0.15, 0.2) is 24.3 Å². The first-order chi connectivity index (χ1) is 7.16. The SMILES string of the molecule is CS(=O)(=O)[C@@](Br)(I)[C@@H](O)c1cccc(Cl)c1. The highest BCUT2D eigenvalue weighted by Gasteiger charge is 2.43. The van der Waals surface area contributed by atoms with E-state index in [0.717, 1.165) is 6.26 Å². The molecule has 0 unspecified atom stereocenters. The van der Waals surface area contributed by atoms with Crippen molar-refractivity contribution in [3.05, 3.63) is 34.9 Å². The number of aliphatic hydroxyl groups is 1. The van der Waals surface area contributed by atoms with Gasteiger partial charge in [0.2, 0.25) is 1.66 Å². The van der Waals surface area contributed by atoms with Crippen molar-refractivity contribution in [1.29, 1.82) is 0 Å². The number of aliphatic hydroxyl groups excluding tert-OH is 1. The first-order valence-electron chi connectivity index (χ1n) is 4.17. The van der Waals surface area contributed by atoms with Crippen molar-refractivity contribution in [3.63, 3.8) is 0 Å². The zero-order chi connectivity index (χ0) is 12.6. The summed E-state index contributed by atoms with van der Waals surface area (Å²) in [4.78, 5) is 0. The van der Waals surface area contributed by atoms with E-state index < -0.39 is 17.6 Å². The Kier molecular flexibility index (Phi) is 4.68. The van der Waals surface area contributed by atoms with Gasteiger partial charge in [-0.25, -0.2) is 8.42 Å². The molecule has 1 rings (SSSR count). The van der Waals surface area contributed by atoms with Gasteiger partial charge in [-0.1, -0.05) is 39.7 Å². The van der Waals surface area contributed by atoms with Crippen LogP contribution in [0, 0.1) is 0 Å². The fourth-order valence-corrected chi connectivity index (χ4v) is 2.44. The van der Waals surface area contributed by atoms with Crippen molar-refractivity contribution in [1.82, 2.24) is 0 Å². The molecule has 0 spiro atoms. The van der Waals surface area contributed by atoms with E-state index in [0.29, 0.717) is 10.6 Å². The first-order valence-corrected chi connectivity index (χ1v) is 8.31. The smallest absolute Gasteiger partial charge is 0.206 e. The summed E-state index contributed by atoms with van der Waals surface area (Å²) in [5, 5.41) is 10.5. The molecule has 1 aromatic carbocycles. The van der Waals surface area contributed by atoms with Gasteiger partial charge >= 0.3 is 0 Å². The van der Waals surface area contributed by atoms with E-state index in [-0.39, 0.29) is 0 Å². The standard InChI is InChI=1S/C9H9BrClIO3S/c1-16(14,15)9(10,12)8(13)6-3-2-4-7(11)5-6/h2-5,8,13H,1H3/t8-,9-/m0/s1. The van der Waals surface area contributed by atoms with Crippen LogP contribution >= 0.6 is 50.1 Å². The van der Waals surface area contributed by atoms with E-state index in [1.54, 1.807) is 40.8 Å². The van der Waals surface area contributed by atoms with Gasteiger partial charge in [0, 0.05) is 11.3 Å². The fourth-order valence-electron chi connectivity index (χ4n) is 1.07. The molecule has 3 nitrogen and oxygen atoms in total. The van der Waals surface area contributed by atoms with Gasteiger partial charge in [-0.2, -0.15) is 0 Å². The molecule has 0 aromatic heterocycles. The van der Waals surface area contributed by atoms with E-state index in [4.69, 9.17) is 11.6 Å². The van der Waals surface area contributed by atoms with Gasteiger partial charge in [-0.05, 0) is 40.3 Å². The number of alkyl halides is 2. The van der Waals surface area contributed by atoms with Crippen molar-refractivity contribution in [2.45, 2.75) is 7.77 Å². The van der Waals surface area contributed by atoms with E-state index in [9.17, 15) is 13.5 Å². The second-order valence-corrected chi connectivity index (χ2v) is 11.6. The molecule has 0 amide bonds. The predicted octanol–water partition coefficient (Wildman–Crippen LogP) is 2.90. The summed E-state index contributed by atoms with van der Waals surface area (Å²) in [6.45, 7) is 0. The summed E-state index contributed by atoms with van der Waals surface area (Å²) < 4.78 is 21.6. The van der Waals surface area contributed by atoms with Crippen molar-refractivity contribution in [2.75, 3.05) is 6.26 Å². The highest BCUT2D eigenvalue weighted by atomic mass is 127. The monoisotopic (exact) mass is 438 g/mol. The second kappa shape index (κ2) is 5.09. The van der Waals surface area contributed by atoms with Crippen LogP contribution in [-0.4, -0.2) is 21.4 Å². The first kappa shape index (κ1) is 14.7. The maximum absolute atomic E-state index is 11.5. The van der Waals surface area contributed by atoms with Crippen LogP contribution in [0.4, 0.5) is 0 Å². The quantitative estimate of drug-likeness (QED) is 0.582. The summed E-state index contributed by atoms with van der Waals surface area (Å²) in [5.41, 5.74) is 0.448. The van der Waals surface area contributed by atoms with Crippen LogP contribution in [0.1, 0.15) is 11.7 Å². The molecule has 0 aliphatic rings. The van der Waals surface area contributed by atoms with Gasteiger partial charge in [-0.3, -0.25) is 0 Å². The molecule has 0 saturated heterocycles. The molecule has 1 N–H and O–H groups in total. The minimum absolute atomic E-state index is 0.448. The van der Waals surface area contributed by atoms with E-state index in [1.807, 2.05) is 0 Å². The lowest BCUT2D eigenvalue weighted by atomic mass is 10.1. The van der Waals surface area contributed by atoms with Crippen LogP contribution < -0.4 is 0 Å². The number of rotatable bonds is 3. The average molecular weight is 439 g/mol. The number of sulfone groups is 1. The minimum Gasteiger partial charge on any atom is -0.385 e. The zero-order valence-electron chi connectivity index (χ0n) is 8.19. The molecule has 0 radical (unpaired) electrons. The van der Waals surface area contributed by atoms with Gasteiger partial charge in [0.15, 0.2) is 9.84 Å². The summed E-state index contributed by atoms with van der Waals surface area (Å²) >= 11 is 10.5. The number of hydrogen-bond donors (Lipinski definition) is 1. The molecule has 16 heavy (non-hydrogen) atoms. The van der Waals surface area contributed by atoms with Gasteiger partial charge in [0.25, 0.3) is 0 Å². The molecular formula is C9H9BrClIO3S. The largest absolute Gasteiger partial charge is 0.385 e. The Morgan fingerprint density at radius 3 is 2.56 bits per heavy atom. The molecule has 0 aliphatic heterocycles. The Morgan fingerprint density at radius 2 is 2.12 bits per heavy atom. The third-order valence-corrected chi connectivity index (χ3v) is 8.61. The minimum atomic E-state index is -3.45. The Labute approximate surface area is 121 Å². The number of hydrogen-bond acceptors (Lipinski definition) is 3. The fraction of sp³-hybridized carbons (Fsp3) is 0.333. The number of benzene rings is 1. The average Bonchev–Trinajstić information content (AvgIpc) is 2.14. The predicted molar refractivity (Wildman–Crippen MR) is 76.9 cm³/mol. The third-order valence-electron chi connectivity index (χ3n) is 1.98. The van der Waals surface area contributed by atoms with Crippen molar-refractivity contribution >= 4 is 60.0 Å². The lowest BCUT2D eigenvalue weighted by Crippen LogP contribution is -2.31. The number of halogens is 3. The van der Waals surface area contributed by atoms with Crippen molar-refractivity contribution in [3.8, 4) is 0 Å². The van der Waals surface area contributed by atoms with E-state index in [2.05, 4.69) is 15.9 Å². The molecule has 1 aromatic rings. The zero-order valence-corrected chi connectivity index (χ0v) is 13.5. The molecular weight excluding hydrogens is 430 g/mol. The van der Waals surface area contributed by atoms with Crippen LogP contribution in [0.25, 0.3) is 0 Å². The third kappa shape index (κ3) is 3.10. The lowest BCUT2D eigenvalue weighted by molar-refractivity contribution is 0.191. The Bertz CT molecular complexity index is 489. The van der Waals surface area contributed by atoms with Gasteiger partial charge in [0.05, 0.1) is 0 Å². The Hall–Kier alpha value is 0.630. The lowest BCUT2D eigenvalue weighted by Gasteiger charge is -2.25. The molecule has 0 bridgehead atoms. The molecule has 0 saturated carbocycles. The van der Waals surface area contributed by atoms with Crippen LogP contribution in [0.2, 0.25) is 5.02 Å². The van der Waals surface area contributed by atoms with Gasteiger partial charge in [0.1, 0.15) is 6.10 Å². The maximum Gasteiger partial charge on any atom is 0.206 e. The highest BCUT2D eigenvalue weighted by Crippen LogP contribution is 2.44. The summed E-state index contributed by atoms with van der Waals surface area (Å²) in [6, 6.07) is 6.46. The van der Waals surface area contributed by atoms with Crippen LogP contribution in [0.5, 0.6) is 0 Å². The van der Waals surface area contributed by atoms with Crippen LogP contribution in [-0.2, 0) is 9.84 Å². The molecule has 0 heterocycles. The summed E-state index contributed by atoms with van der Waals surface area (Å²) in [6.07, 6.45) is -0.135. The van der Waals surface area contributed by atoms with Crippen LogP contribution in [0.3, 0.4) is 0 Å². The van der Waals surface area contributed by atoms with Gasteiger partial charge in [-0.15, -0.1) is 0 Å². The topological polar surface area (TPSA) is 54.4 Å². The van der Waals surface area contributed by atoms with E-state index >= 15 is 0 Å². The summed E-state index contributed by atoms with van der Waals surface area (Å²) in [5.74, 6) is 0. The highest BCUT2D eigenvalue weighted by molar-refractivity contribution is 14.1. The Balaban J connectivity index is 3.17. The van der Waals surface area contributed by atoms with E-state index in [1.165, 1.54) is 6.07 Å². The molecule has 0 fully saturated rings. The molecule has 0 aliphatic carbocycles. The summed E-state index contributed by atoms with van der Waals surface area (Å²) in [7, 11) is -3.45. The normalized spacial score (nSPS) is 17.8.